The molecular weight excluding hydrogens is 312 g/mol. The molecule has 130 valence electrons. The summed E-state index contributed by atoms with van der Waals surface area (Å²) in [5.74, 6) is -0.221. The van der Waals surface area contributed by atoms with Crippen LogP contribution in [-0.2, 0) is 19.1 Å². The lowest BCUT2D eigenvalue weighted by Crippen LogP contribution is -2.19. The second-order valence-electron chi connectivity index (χ2n) is 5.35. The largest absolute Gasteiger partial charge is 0.497 e. The Bertz CT molecular complexity index is 703. The number of furan rings is 1. The Labute approximate surface area is 140 Å². The predicted octanol–water partition coefficient (Wildman–Crippen LogP) is 3.08. The van der Waals surface area contributed by atoms with E-state index in [1.54, 1.807) is 26.4 Å². The number of esters is 1. The zero-order valence-corrected chi connectivity index (χ0v) is 14.2. The van der Waals surface area contributed by atoms with Crippen LogP contribution >= 0.6 is 0 Å². The molecular formula is C18H22O6. The molecule has 0 amide bonds. The van der Waals surface area contributed by atoms with Crippen molar-refractivity contribution in [2.45, 2.75) is 25.7 Å². The Morgan fingerprint density at radius 2 is 2.04 bits per heavy atom. The predicted molar refractivity (Wildman–Crippen MR) is 88.3 cm³/mol. The minimum atomic E-state index is -0.482. The first-order chi connectivity index (χ1) is 11.6. The summed E-state index contributed by atoms with van der Waals surface area (Å²) in [7, 11) is 3.05. The van der Waals surface area contributed by atoms with E-state index in [0.29, 0.717) is 24.4 Å². The molecule has 1 atom stereocenters. The van der Waals surface area contributed by atoms with Crippen LogP contribution in [0.5, 0.6) is 5.75 Å². The normalized spacial score (nSPS) is 12.1. The van der Waals surface area contributed by atoms with Crippen molar-refractivity contribution < 1.29 is 28.2 Å². The highest BCUT2D eigenvalue weighted by atomic mass is 16.5. The van der Waals surface area contributed by atoms with E-state index >= 15 is 0 Å². The van der Waals surface area contributed by atoms with E-state index in [2.05, 4.69) is 0 Å². The van der Waals surface area contributed by atoms with Crippen molar-refractivity contribution >= 4 is 22.7 Å². The Hall–Kier alpha value is -2.34. The maximum absolute atomic E-state index is 12.4. The first-order valence-corrected chi connectivity index (χ1v) is 7.83. The summed E-state index contributed by atoms with van der Waals surface area (Å²) >= 11 is 0. The van der Waals surface area contributed by atoms with Crippen LogP contribution in [0.1, 0.15) is 31.2 Å². The highest BCUT2D eigenvalue weighted by Crippen LogP contribution is 2.33. The number of methoxy groups -OCH3 is 2. The number of fused-ring (bicyclic) bond motifs is 1. The number of benzene rings is 1. The standard InChI is InChI=1S/C18H22O6/c1-4-23-18(20)8-7-13(16(19)11-21-2)15-10-24-17-9-12(22-3)5-6-14(15)17/h5-6,9-10,13H,4,7-8,11H2,1-3H3. The van der Waals surface area contributed by atoms with Crippen LogP contribution in [0.25, 0.3) is 11.0 Å². The number of carbonyl (C=O) groups excluding carboxylic acids is 2. The van der Waals surface area contributed by atoms with Gasteiger partial charge in [0.2, 0.25) is 0 Å². The van der Waals surface area contributed by atoms with Gasteiger partial charge in [0.1, 0.15) is 17.9 Å². The van der Waals surface area contributed by atoms with Crippen LogP contribution < -0.4 is 4.74 Å². The fourth-order valence-corrected chi connectivity index (χ4v) is 2.65. The second kappa shape index (κ2) is 8.49. The maximum Gasteiger partial charge on any atom is 0.305 e. The smallest absolute Gasteiger partial charge is 0.305 e. The van der Waals surface area contributed by atoms with Crippen molar-refractivity contribution in [1.82, 2.24) is 0 Å². The molecule has 1 aromatic heterocycles. The van der Waals surface area contributed by atoms with Crippen molar-refractivity contribution in [2.24, 2.45) is 0 Å². The molecule has 0 bridgehead atoms. The quantitative estimate of drug-likeness (QED) is 0.656. The van der Waals surface area contributed by atoms with Gasteiger partial charge >= 0.3 is 5.97 Å². The molecule has 0 aliphatic carbocycles. The van der Waals surface area contributed by atoms with Gasteiger partial charge in [0, 0.05) is 36.5 Å². The maximum atomic E-state index is 12.4. The number of Topliss-reactive ketones (excluding diaryl/α,β-unsaturated/α-hetero) is 1. The second-order valence-corrected chi connectivity index (χ2v) is 5.35. The summed E-state index contributed by atoms with van der Waals surface area (Å²) in [6.45, 7) is 2.06. The van der Waals surface area contributed by atoms with E-state index < -0.39 is 5.92 Å². The number of hydrogen-bond donors (Lipinski definition) is 0. The average Bonchev–Trinajstić information content (AvgIpc) is 2.98. The molecule has 0 N–H and O–H groups in total. The summed E-state index contributed by atoms with van der Waals surface area (Å²) in [6.07, 6.45) is 2.08. The lowest BCUT2D eigenvalue weighted by atomic mass is 9.90. The lowest BCUT2D eigenvalue weighted by Gasteiger charge is -2.14. The number of ether oxygens (including phenoxy) is 3. The minimum Gasteiger partial charge on any atom is -0.497 e. The molecule has 2 rings (SSSR count). The number of rotatable bonds is 9. The molecule has 0 fully saturated rings. The van der Waals surface area contributed by atoms with Gasteiger partial charge in [-0.2, -0.15) is 0 Å². The van der Waals surface area contributed by atoms with Crippen LogP contribution in [-0.4, -0.2) is 39.2 Å². The van der Waals surface area contributed by atoms with Crippen LogP contribution in [0.15, 0.2) is 28.9 Å². The third-order valence-corrected chi connectivity index (χ3v) is 3.81. The van der Waals surface area contributed by atoms with Crippen molar-refractivity contribution in [2.75, 3.05) is 27.4 Å². The van der Waals surface area contributed by atoms with Gasteiger partial charge < -0.3 is 18.6 Å². The number of hydrogen-bond acceptors (Lipinski definition) is 6. The fraction of sp³-hybridized carbons (Fsp3) is 0.444. The van der Waals surface area contributed by atoms with E-state index in [1.165, 1.54) is 7.11 Å². The molecule has 1 unspecified atom stereocenters. The number of carbonyl (C=O) groups is 2. The zero-order chi connectivity index (χ0) is 17.5. The van der Waals surface area contributed by atoms with Crippen molar-refractivity contribution in [3.63, 3.8) is 0 Å². The first-order valence-electron chi connectivity index (χ1n) is 7.83. The summed E-state index contributed by atoms with van der Waals surface area (Å²) in [4.78, 5) is 24.1. The average molecular weight is 334 g/mol. The third-order valence-electron chi connectivity index (χ3n) is 3.81. The van der Waals surface area contributed by atoms with Crippen LogP contribution in [0.2, 0.25) is 0 Å². The van der Waals surface area contributed by atoms with Crippen LogP contribution in [0, 0.1) is 0 Å². The van der Waals surface area contributed by atoms with Crippen LogP contribution in [0.3, 0.4) is 0 Å². The third kappa shape index (κ3) is 4.14. The van der Waals surface area contributed by atoms with Gasteiger partial charge in [0.05, 0.1) is 20.0 Å². The molecule has 1 heterocycles. The Kier molecular flexibility index (Phi) is 6.37. The van der Waals surface area contributed by atoms with Crippen molar-refractivity contribution in [1.29, 1.82) is 0 Å². The molecule has 24 heavy (non-hydrogen) atoms. The van der Waals surface area contributed by atoms with Gasteiger partial charge in [-0.1, -0.05) is 0 Å². The van der Waals surface area contributed by atoms with E-state index in [9.17, 15) is 9.59 Å². The molecule has 6 nitrogen and oxygen atoms in total. The van der Waals surface area contributed by atoms with E-state index in [1.807, 2.05) is 12.1 Å². The molecule has 0 aliphatic heterocycles. The highest BCUT2D eigenvalue weighted by Gasteiger charge is 2.25. The SMILES string of the molecule is CCOC(=O)CCC(C(=O)COC)c1coc2cc(OC)ccc12. The van der Waals surface area contributed by atoms with Crippen LogP contribution in [0.4, 0.5) is 0 Å². The van der Waals surface area contributed by atoms with Gasteiger partial charge in [-0.25, -0.2) is 0 Å². The summed E-state index contributed by atoms with van der Waals surface area (Å²) in [5, 5.41) is 0.828. The van der Waals surface area contributed by atoms with E-state index in [0.717, 1.165) is 10.9 Å². The molecule has 0 saturated heterocycles. The number of ketones is 1. The molecule has 0 spiro atoms. The van der Waals surface area contributed by atoms with Crippen molar-refractivity contribution in [3.8, 4) is 5.75 Å². The molecule has 6 heteroatoms. The van der Waals surface area contributed by atoms with Gasteiger partial charge in [-0.3, -0.25) is 9.59 Å². The minimum absolute atomic E-state index is 0.0175. The van der Waals surface area contributed by atoms with Gasteiger partial charge in [0.25, 0.3) is 0 Å². The fourth-order valence-electron chi connectivity index (χ4n) is 2.65. The monoisotopic (exact) mass is 334 g/mol. The van der Waals surface area contributed by atoms with E-state index in [-0.39, 0.29) is 24.8 Å². The molecule has 1 aromatic carbocycles. The summed E-state index contributed by atoms with van der Waals surface area (Å²) < 4.78 is 20.7. The summed E-state index contributed by atoms with van der Waals surface area (Å²) in [5.41, 5.74) is 1.38. The van der Waals surface area contributed by atoms with Crippen molar-refractivity contribution in [3.05, 3.63) is 30.0 Å². The summed E-state index contributed by atoms with van der Waals surface area (Å²) in [6, 6.07) is 5.43. The highest BCUT2D eigenvalue weighted by molar-refractivity contribution is 5.93. The molecule has 0 radical (unpaired) electrons. The Morgan fingerprint density at radius 1 is 1.25 bits per heavy atom. The topological polar surface area (TPSA) is 75.0 Å². The Balaban J connectivity index is 2.29. The van der Waals surface area contributed by atoms with E-state index in [4.69, 9.17) is 18.6 Å². The zero-order valence-electron chi connectivity index (χ0n) is 14.2. The van der Waals surface area contributed by atoms with Gasteiger partial charge in [0.15, 0.2) is 5.78 Å². The lowest BCUT2D eigenvalue weighted by molar-refractivity contribution is -0.143. The van der Waals surface area contributed by atoms with Gasteiger partial charge in [-0.15, -0.1) is 0 Å². The molecule has 0 saturated carbocycles. The Morgan fingerprint density at radius 3 is 2.71 bits per heavy atom. The van der Waals surface area contributed by atoms with Gasteiger partial charge in [-0.05, 0) is 25.5 Å². The molecule has 2 aromatic rings. The first kappa shape index (κ1) is 18.0. The molecule has 0 aliphatic rings.